The Hall–Kier alpha value is -0.910. The highest BCUT2D eigenvalue weighted by atomic mass is 32.1. The third kappa shape index (κ3) is 1.96. The molecule has 0 unspecified atom stereocenters. The smallest absolute Gasteiger partial charge is 0.326 e. The Bertz CT molecular complexity index is 420. The Morgan fingerprint density at radius 3 is 2.94 bits per heavy atom. The molecule has 5 heteroatoms. The molecule has 0 radical (unpaired) electrons. The van der Waals surface area contributed by atoms with Crippen LogP contribution in [0, 0.1) is 5.92 Å². The summed E-state index contributed by atoms with van der Waals surface area (Å²) in [4.78, 5) is 15.2. The van der Waals surface area contributed by atoms with E-state index in [9.17, 15) is 9.90 Å². The third-order valence-electron chi connectivity index (χ3n) is 4.00. The third-order valence-corrected chi connectivity index (χ3v) is 4.94. The number of nitrogens with zero attached hydrogens (tertiary/aromatic N) is 1. The molecule has 3 atom stereocenters. The van der Waals surface area contributed by atoms with Gasteiger partial charge >= 0.3 is 5.97 Å². The predicted octanol–water partition coefficient (Wildman–Crippen LogP) is 1.66. The molecule has 1 N–H and O–H groups in total. The number of aliphatic hydroxyl groups is 1. The van der Waals surface area contributed by atoms with Crippen molar-refractivity contribution in [1.29, 1.82) is 0 Å². The van der Waals surface area contributed by atoms with Gasteiger partial charge in [0, 0.05) is 23.4 Å². The molecule has 1 aliphatic rings. The zero-order chi connectivity index (χ0) is 13.3. The largest absolute Gasteiger partial charge is 0.468 e. The fraction of sp³-hybridized carbons (Fsp3) is 0.615. The molecule has 18 heavy (non-hydrogen) atoms. The van der Waals surface area contributed by atoms with Crippen molar-refractivity contribution in [1.82, 2.24) is 4.90 Å². The van der Waals surface area contributed by atoms with Crippen LogP contribution in [-0.2, 0) is 9.53 Å². The van der Waals surface area contributed by atoms with E-state index in [0.717, 1.165) is 0 Å². The van der Waals surface area contributed by atoms with Crippen molar-refractivity contribution in [3.8, 4) is 0 Å². The maximum absolute atomic E-state index is 12.0. The van der Waals surface area contributed by atoms with Crippen LogP contribution < -0.4 is 0 Å². The summed E-state index contributed by atoms with van der Waals surface area (Å²) in [5.74, 6) is -0.166. The summed E-state index contributed by atoms with van der Waals surface area (Å²) >= 11 is 1.66. The van der Waals surface area contributed by atoms with E-state index in [1.807, 2.05) is 30.3 Å². The van der Waals surface area contributed by atoms with E-state index < -0.39 is 5.54 Å². The molecule has 0 amide bonds. The van der Waals surface area contributed by atoms with Gasteiger partial charge in [-0.25, -0.2) is 0 Å². The molecule has 2 rings (SSSR count). The SMILES string of the molecule is COC(=O)[C@@]1(C)C[C@H](CO)[C@@H](c2cccs2)N1C. The number of likely N-dealkylation sites (tertiary alicyclic amines) is 1. The summed E-state index contributed by atoms with van der Waals surface area (Å²) in [6.07, 6.45) is 0.620. The summed E-state index contributed by atoms with van der Waals surface area (Å²) in [6.45, 7) is 1.97. The van der Waals surface area contributed by atoms with E-state index in [0.29, 0.717) is 6.42 Å². The van der Waals surface area contributed by atoms with Crippen LogP contribution in [0.25, 0.3) is 0 Å². The molecule has 1 aromatic rings. The first-order chi connectivity index (χ1) is 8.54. The molecule has 2 heterocycles. The van der Waals surface area contributed by atoms with E-state index in [2.05, 4.69) is 6.07 Å². The van der Waals surface area contributed by atoms with Gasteiger partial charge in [-0.15, -0.1) is 11.3 Å². The second-order valence-electron chi connectivity index (χ2n) is 4.98. The van der Waals surface area contributed by atoms with E-state index in [1.165, 1.54) is 12.0 Å². The van der Waals surface area contributed by atoms with Crippen LogP contribution in [0.3, 0.4) is 0 Å². The maximum atomic E-state index is 12.0. The van der Waals surface area contributed by atoms with Gasteiger partial charge in [0.2, 0.25) is 0 Å². The van der Waals surface area contributed by atoms with Crippen LogP contribution in [0.15, 0.2) is 17.5 Å². The van der Waals surface area contributed by atoms with Gasteiger partial charge in [-0.2, -0.15) is 0 Å². The molecule has 1 fully saturated rings. The minimum absolute atomic E-state index is 0.0674. The first-order valence-corrected chi connectivity index (χ1v) is 6.88. The monoisotopic (exact) mass is 269 g/mol. The van der Waals surface area contributed by atoms with Crippen LogP contribution in [0.5, 0.6) is 0 Å². The minimum atomic E-state index is -0.656. The zero-order valence-corrected chi connectivity index (χ0v) is 11.7. The zero-order valence-electron chi connectivity index (χ0n) is 10.9. The number of ether oxygens (including phenoxy) is 1. The van der Waals surface area contributed by atoms with Gasteiger partial charge in [0.05, 0.1) is 7.11 Å². The van der Waals surface area contributed by atoms with E-state index in [-0.39, 0.29) is 24.5 Å². The summed E-state index contributed by atoms with van der Waals surface area (Å²) in [6, 6.07) is 4.13. The molecular formula is C13H19NO3S. The standard InChI is InChI=1S/C13H19NO3S/c1-13(12(16)17-3)7-9(8-15)11(14(13)2)10-5-4-6-18-10/h4-6,9,11,15H,7-8H2,1-3H3/t9-,11+,13-/m1/s1. The van der Waals surface area contributed by atoms with Crippen molar-refractivity contribution in [2.45, 2.75) is 24.9 Å². The molecule has 0 bridgehead atoms. The van der Waals surface area contributed by atoms with Gasteiger partial charge in [-0.05, 0) is 31.8 Å². The molecule has 1 aromatic heterocycles. The van der Waals surface area contributed by atoms with Crippen molar-refractivity contribution in [3.63, 3.8) is 0 Å². The first-order valence-electron chi connectivity index (χ1n) is 6.00. The van der Waals surface area contributed by atoms with Crippen molar-refractivity contribution >= 4 is 17.3 Å². The predicted molar refractivity (Wildman–Crippen MR) is 70.4 cm³/mol. The number of hydrogen-bond donors (Lipinski definition) is 1. The van der Waals surface area contributed by atoms with Crippen LogP contribution in [-0.4, -0.2) is 42.3 Å². The second kappa shape index (κ2) is 4.99. The Kier molecular flexibility index (Phi) is 3.75. The van der Waals surface area contributed by atoms with Gasteiger partial charge in [-0.1, -0.05) is 6.07 Å². The molecule has 4 nitrogen and oxygen atoms in total. The fourth-order valence-electron chi connectivity index (χ4n) is 2.88. The maximum Gasteiger partial charge on any atom is 0.326 e. The van der Waals surface area contributed by atoms with Crippen molar-refractivity contribution < 1.29 is 14.6 Å². The summed E-state index contributed by atoms with van der Waals surface area (Å²) in [5, 5.41) is 11.6. The van der Waals surface area contributed by atoms with Gasteiger partial charge < -0.3 is 9.84 Å². The second-order valence-corrected chi connectivity index (χ2v) is 5.96. The van der Waals surface area contributed by atoms with Gasteiger partial charge in [-0.3, -0.25) is 9.69 Å². The highest BCUT2D eigenvalue weighted by molar-refractivity contribution is 7.10. The summed E-state index contributed by atoms with van der Waals surface area (Å²) < 4.78 is 4.91. The molecule has 0 saturated carbocycles. The number of carbonyl (C=O) groups is 1. The lowest BCUT2D eigenvalue weighted by molar-refractivity contribution is -0.152. The quantitative estimate of drug-likeness (QED) is 0.848. The van der Waals surface area contributed by atoms with E-state index in [1.54, 1.807) is 11.3 Å². The highest BCUT2D eigenvalue weighted by Crippen LogP contribution is 2.46. The first kappa shape index (κ1) is 13.5. The lowest BCUT2D eigenvalue weighted by Crippen LogP contribution is -2.47. The number of likely N-dealkylation sites (N-methyl/N-ethyl adjacent to an activating group) is 1. The van der Waals surface area contributed by atoms with Crippen LogP contribution in [0.4, 0.5) is 0 Å². The molecule has 1 aliphatic heterocycles. The normalized spacial score (nSPS) is 32.7. The van der Waals surface area contributed by atoms with Crippen LogP contribution in [0.2, 0.25) is 0 Å². The van der Waals surface area contributed by atoms with Crippen LogP contribution in [0.1, 0.15) is 24.3 Å². The number of aliphatic hydroxyl groups excluding tert-OH is 1. The van der Waals surface area contributed by atoms with Gasteiger partial charge in [0.1, 0.15) is 5.54 Å². The Morgan fingerprint density at radius 2 is 2.44 bits per heavy atom. The highest BCUT2D eigenvalue weighted by Gasteiger charge is 2.52. The van der Waals surface area contributed by atoms with Crippen molar-refractivity contribution in [3.05, 3.63) is 22.4 Å². The van der Waals surface area contributed by atoms with Crippen molar-refractivity contribution in [2.24, 2.45) is 5.92 Å². The Morgan fingerprint density at radius 1 is 1.72 bits per heavy atom. The van der Waals surface area contributed by atoms with Gasteiger partial charge in [0.25, 0.3) is 0 Å². The average Bonchev–Trinajstić information content (AvgIpc) is 2.96. The number of rotatable bonds is 3. The lowest BCUT2D eigenvalue weighted by Gasteiger charge is -2.32. The Labute approximate surface area is 111 Å². The number of esters is 1. The molecule has 1 saturated heterocycles. The topological polar surface area (TPSA) is 49.8 Å². The number of carbonyl (C=O) groups excluding carboxylic acids is 1. The number of hydrogen-bond acceptors (Lipinski definition) is 5. The molecule has 0 aromatic carbocycles. The lowest BCUT2D eigenvalue weighted by atomic mass is 9.93. The summed E-state index contributed by atoms with van der Waals surface area (Å²) in [5.41, 5.74) is -0.656. The fourth-order valence-corrected chi connectivity index (χ4v) is 3.85. The molecule has 0 aliphatic carbocycles. The van der Waals surface area contributed by atoms with Crippen molar-refractivity contribution in [2.75, 3.05) is 20.8 Å². The molecule has 100 valence electrons. The number of thiophene rings is 1. The number of methoxy groups -OCH3 is 1. The minimum Gasteiger partial charge on any atom is -0.468 e. The van der Waals surface area contributed by atoms with Crippen LogP contribution >= 0.6 is 11.3 Å². The summed E-state index contributed by atoms with van der Waals surface area (Å²) in [7, 11) is 3.34. The van der Waals surface area contributed by atoms with Gasteiger partial charge in [0.15, 0.2) is 0 Å². The molecule has 0 spiro atoms. The van der Waals surface area contributed by atoms with E-state index >= 15 is 0 Å². The van der Waals surface area contributed by atoms with E-state index in [4.69, 9.17) is 4.74 Å². The molecular weight excluding hydrogens is 250 g/mol. The average molecular weight is 269 g/mol. The Balaban J connectivity index is 2.34.